The van der Waals surface area contributed by atoms with E-state index in [9.17, 15) is 14.4 Å². The molecule has 2 amide bonds. The van der Waals surface area contributed by atoms with Crippen LogP contribution in [0.25, 0.3) is 0 Å². The van der Waals surface area contributed by atoms with Gasteiger partial charge >= 0.3 is 5.97 Å². The molecular formula is C16H22N2O4. The topological polar surface area (TPSA) is 84.5 Å². The number of carbonyl (C=O) groups is 3. The highest BCUT2D eigenvalue weighted by Crippen LogP contribution is 2.04. The Morgan fingerprint density at radius 3 is 2.41 bits per heavy atom. The fraction of sp³-hybridized carbons (Fsp3) is 0.438. The SMILES string of the molecule is CC(C)CCC(=O)NCC(=O)OCC(=O)Nc1ccccc1. The molecule has 0 aliphatic rings. The predicted octanol–water partition coefficient (Wildman–Crippen LogP) is 1.72. The van der Waals surface area contributed by atoms with Gasteiger partial charge in [0, 0.05) is 12.1 Å². The first-order chi connectivity index (χ1) is 10.5. The number of hydrogen-bond donors (Lipinski definition) is 2. The second kappa shape index (κ2) is 9.55. The van der Waals surface area contributed by atoms with Gasteiger partial charge in [-0.3, -0.25) is 14.4 Å². The van der Waals surface area contributed by atoms with Gasteiger partial charge in [-0.25, -0.2) is 0 Å². The van der Waals surface area contributed by atoms with Crippen LogP contribution < -0.4 is 10.6 Å². The van der Waals surface area contributed by atoms with E-state index in [-0.39, 0.29) is 19.1 Å². The van der Waals surface area contributed by atoms with Crippen LogP contribution in [0.5, 0.6) is 0 Å². The highest BCUT2D eigenvalue weighted by Gasteiger charge is 2.10. The van der Waals surface area contributed by atoms with Crippen molar-refractivity contribution >= 4 is 23.5 Å². The average Bonchev–Trinajstić information content (AvgIpc) is 2.49. The van der Waals surface area contributed by atoms with Crippen molar-refractivity contribution in [1.82, 2.24) is 5.32 Å². The number of carbonyl (C=O) groups excluding carboxylic acids is 3. The first-order valence-corrected chi connectivity index (χ1v) is 7.24. The number of hydrogen-bond acceptors (Lipinski definition) is 4. The van der Waals surface area contributed by atoms with Crippen LogP contribution >= 0.6 is 0 Å². The van der Waals surface area contributed by atoms with Gasteiger partial charge < -0.3 is 15.4 Å². The monoisotopic (exact) mass is 306 g/mol. The Labute approximate surface area is 130 Å². The summed E-state index contributed by atoms with van der Waals surface area (Å²) in [5.74, 6) is -0.828. The van der Waals surface area contributed by atoms with E-state index in [0.717, 1.165) is 6.42 Å². The Morgan fingerprint density at radius 1 is 1.09 bits per heavy atom. The van der Waals surface area contributed by atoms with Crippen molar-refractivity contribution in [1.29, 1.82) is 0 Å². The zero-order chi connectivity index (χ0) is 16.4. The van der Waals surface area contributed by atoms with Gasteiger partial charge in [0.25, 0.3) is 5.91 Å². The fourth-order valence-electron chi connectivity index (χ4n) is 1.59. The van der Waals surface area contributed by atoms with Crippen LogP contribution in [0.2, 0.25) is 0 Å². The van der Waals surface area contributed by atoms with Gasteiger partial charge in [0.2, 0.25) is 5.91 Å². The van der Waals surface area contributed by atoms with Crippen molar-refractivity contribution < 1.29 is 19.1 Å². The fourth-order valence-corrected chi connectivity index (χ4v) is 1.59. The maximum atomic E-state index is 11.6. The first kappa shape index (κ1) is 17.7. The first-order valence-electron chi connectivity index (χ1n) is 7.24. The van der Waals surface area contributed by atoms with Crippen LogP contribution in [-0.4, -0.2) is 30.9 Å². The van der Waals surface area contributed by atoms with Crippen molar-refractivity contribution in [2.45, 2.75) is 26.7 Å². The zero-order valence-corrected chi connectivity index (χ0v) is 12.9. The maximum Gasteiger partial charge on any atom is 0.325 e. The van der Waals surface area contributed by atoms with Crippen molar-refractivity contribution in [3.8, 4) is 0 Å². The smallest absolute Gasteiger partial charge is 0.325 e. The molecule has 6 nitrogen and oxygen atoms in total. The third-order valence-electron chi connectivity index (χ3n) is 2.80. The molecule has 120 valence electrons. The van der Waals surface area contributed by atoms with E-state index in [2.05, 4.69) is 10.6 Å². The highest BCUT2D eigenvalue weighted by molar-refractivity contribution is 5.93. The van der Waals surface area contributed by atoms with E-state index >= 15 is 0 Å². The Balaban J connectivity index is 2.17. The second-order valence-electron chi connectivity index (χ2n) is 5.28. The van der Waals surface area contributed by atoms with Crippen molar-refractivity contribution in [2.24, 2.45) is 5.92 Å². The lowest BCUT2D eigenvalue weighted by Gasteiger charge is -2.08. The quantitative estimate of drug-likeness (QED) is 0.716. The summed E-state index contributed by atoms with van der Waals surface area (Å²) in [6, 6.07) is 8.86. The lowest BCUT2D eigenvalue weighted by Crippen LogP contribution is -2.32. The number of rotatable bonds is 8. The van der Waals surface area contributed by atoms with Gasteiger partial charge in [-0.05, 0) is 24.5 Å². The molecule has 0 spiro atoms. The van der Waals surface area contributed by atoms with Crippen LogP contribution in [0.4, 0.5) is 5.69 Å². The maximum absolute atomic E-state index is 11.6. The summed E-state index contributed by atoms with van der Waals surface area (Å²) >= 11 is 0. The molecule has 1 aromatic rings. The Bertz CT molecular complexity index is 500. The normalized spacial score (nSPS) is 10.1. The van der Waals surface area contributed by atoms with Crippen LogP contribution in [0.3, 0.4) is 0 Å². The second-order valence-corrected chi connectivity index (χ2v) is 5.28. The molecule has 0 saturated carbocycles. The molecule has 0 bridgehead atoms. The van der Waals surface area contributed by atoms with Gasteiger partial charge in [-0.2, -0.15) is 0 Å². The molecule has 1 aromatic carbocycles. The summed E-state index contributed by atoms with van der Waals surface area (Å²) in [6.45, 7) is 3.44. The molecule has 6 heteroatoms. The van der Waals surface area contributed by atoms with Crippen LogP contribution in [0, 0.1) is 5.92 Å². The molecular weight excluding hydrogens is 284 g/mol. The van der Waals surface area contributed by atoms with Gasteiger partial charge in [-0.1, -0.05) is 32.0 Å². The zero-order valence-electron chi connectivity index (χ0n) is 12.9. The number of esters is 1. The number of benzene rings is 1. The molecule has 0 fully saturated rings. The van der Waals surface area contributed by atoms with E-state index in [4.69, 9.17) is 4.74 Å². The molecule has 0 heterocycles. The Hall–Kier alpha value is -2.37. The van der Waals surface area contributed by atoms with Gasteiger partial charge in [-0.15, -0.1) is 0 Å². The standard InChI is InChI=1S/C16H22N2O4/c1-12(2)8-9-14(19)17-10-16(21)22-11-15(20)18-13-6-4-3-5-7-13/h3-7,12H,8-11H2,1-2H3,(H,17,19)(H,18,20). The van der Waals surface area contributed by atoms with E-state index in [1.54, 1.807) is 24.3 Å². The van der Waals surface area contributed by atoms with Gasteiger partial charge in [0.15, 0.2) is 6.61 Å². The van der Waals surface area contributed by atoms with Gasteiger partial charge in [0.05, 0.1) is 0 Å². The number of ether oxygens (including phenoxy) is 1. The highest BCUT2D eigenvalue weighted by atomic mass is 16.5. The minimum atomic E-state index is -0.638. The van der Waals surface area contributed by atoms with Crippen LogP contribution in [0.1, 0.15) is 26.7 Å². The molecule has 0 radical (unpaired) electrons. The van der Waals surface area contributed by atoms with E-state index in [1.807, 2.05) is 19.9 Å². The summed E-state index contributed by atoms with van der Waals surface area (Å²) in [4.78, 5) is 34.4. The lowest BCUT2D eigenvalue weighted by molar-refractivity contribution is -0.147. The molecule has 0 aromatic heterocycles. The van der Waals surface area contributed by atoms with E-state index in [1.165, 1.54) is 0 Å². The van der Waals surface area contributed by atoms with Crippen molar-refractivity contribution in [2.75, 3.05) is 18.5 Å². The van der Waals surface area contributed by atoms with Crippen molar-refractivity contribution in [3.05, 3.63) is 30.3 Å². The third kappa shape index (κ3) is 8.04. The van der Waals surface area contributed by atoms with Crippen LogP contribution in [0.15, 0.2) is 30.3 Å². The number of amides is 2. The summed E-state index contributed by atoms with van der Waals surface area (Å²) in [5.41, 5.74) is 0.630. The average molecular weight is 306 g/mol. The molecule has 0 unspecified atom stereocenters. The summed E-state index contributed by atoms with van der Waals surface area (Å²) in [7, 11) is 0. The molecule has 22 heavy (non-hydrogen) atoms. The predicted molar refractivity (Wildman–Crippen MR) is 83.1 cm³/mol. The van der Waals surface area contributed by atoms with Crippen LogP contribution in [-0.2, 0) is 19.1 Å². The summed E-state index contributed by atoms with van der Waals surface area (Å²) in [6.07, 6.45) is 1.14. The molecule has 0 aliphatic heterocycles. The largest absolute Gasteiger partial charge is 0.454 e. The van der Waals surface area contributed by atoms with E-state index < -0.39 is 11.9 Å². The minimum Gasteiger partial charge on any atom is -0.454 e. The summed E-state index contributed by atoms with van der Waals surface area (Å²) in [5, 5.41) is 5.06. The number of anilines is 1. The number of para-hydroxylation sites is 1. The van der Waals surface area contributed by atoms with Crippen molar-refractivity contribution in [3.63, 3.8) is 0 Å². The molecule has 0 saturated heterocycles. The molecule has 1 rings (SSSR count). The molecule has 2 N–H and O–H groups in total. The van der Waals surface area contributed by atoms with E-state index in [0.29, 0.717) is 18.0 Å². The molecule has 0 atom stereocenters. The third-order valence-corrected chi connectivity index (χ3v) is 2.80. The Kier molecular flexibility index (Phi) is 7.67. The minimum absolute atomic E-state index is 0.195. The summed E-state index contributed by atoms with van der Waals surface area (Å²) < 4.78 is 4.79. The lowest BCUT2D eigenvalue weighted by atomic mass is 10.1. The molecule has 0 aliphatic carbocycles. The Morgan fingerprint density at radius 2 is 1.77 bits per heavy atom. The van der Waals surface area contributed by atoms with Gasteiger partial charge in [0.1, 0.15) is 6.54 Å². The number of nitrogens with one attached hydrogen (secondary N) is 2.